The van der Waals surface area contributed by atoms with Crippen LogP contribution in [0.15, 0.2) is 77.7 Å². The average Bonchev–Trinajstić information content (AvgIpc) is 3.10. The minimum Gasteiger partial charge on any atom is -0.350 e. The number of hydrogen-bond donors (Lipinski definition) is 2. The minimum absolute atomic E-state index is 0.134. The second kappa shape index (κ2) is 8.80. The summed E-state index contributed by atoms with van der Waals surface area (Å²) in [5, 5.41) is 2.80. The zero-order chi connectivity index (χ0) is 22.7. The number of carbonyl (C=O) groups is 1. The van der Waals surface area contributed by atoms with Crippen LogP contribution in [-0.4, -0.2) is 30.4 Å². The van der Waals surface area contributed by atoms with Crippen LogP contribution in [-0.2, 0) is 16.6 Å². The monoisotopic (exact) mass is 452 g/mol. The molecule has 1 aromatic heterocycles. The van der Waals surface area contributed by atoms with Crippen molar-refractivity contribution in [1.29, 1.82) is 0 Å². The summed E-state index contributed by atoms with van der Waals surface area (Å²) in [5.41, 5.74) is 1.89. The summed E-state index contributed by atoms with van der Waals surface area (Å²) in [7, 11) is -4.06. The third kappa shape index (κ3) is 4.47. The zero-order valence-corrected chi connectivity index (χ0v) is 18.1. The van der Waals surface area contributed by atoms with E-state index >= 15 is 0 Å². The van der Waals surface area contributed by atoms with Crippen LogP contribution in [0.25, 0.3) is 11.0 Å². The Hall–Kier alpha value is -3.72. The van der Waals surface area contributed by atoms with Gasteiger partial charge in [-0.25, -0.2) is 17.8 Å². The molecule has 0 spiro atoms. The van der Waals surface area contributed by atoms with Crippen LogP contribution in [0.5, 0.6) is 0 Å². The van der Waals surface area contributed by atoms with Crippen molar-refractivity contribution in [3.05, 3.63) is 90.0 Å². The van der Waals surface area contributed by atoms with Gasteiger partial charge in [-0.15, -0.1) is 0 Å². The number of carbonyl (C=O) groups excluding carboxylic acids is 1. The molecule has 3 aromatic carbocycles. The maximum Gasteiger partial charge on any atom is 0.262 e. The summed E-state index contributed by atoms with van der Waals surface area (Å²) in [6.07, 6.45) is 0. The van der Waals surface area contributed by atoms with Gasteiger partial charge in [0.25, 0.3) is 15.9 Å². The molecule has 0 fully saturated rings. The summed E-state index contributed by atoms with van der Waals surface area (Å²) in [6, 6.07) is 18.8. The Bertz CT molecular complexity index is 1400. The van der Waals surface area contributed by atoms with Gasteiger partial charge in [0, 0.05) is 18.7 Å². The number of hydrogen-bond acceptors (Lipinski definition) is 4. The van der Waals surface area contributed by atoms with E-state index in [4.69, 9.17) is 0 Å². The highest BCUT2D eigenvalue weighted by atomic mass is 32.2. The number of nitrogens with one attached hydrogen (secondary N) is 2. The molecule has 0 aliphatic carbocycles. The minimum atomic E-state index is -4.06. The van der Waals surface area contributed by atoms with Crippen molar-refractivity contribution in [1.82, 2.24) is 14.9 Å². The second-order valence-corrected chi connectivity index (χ2v) is 8.85. The van der Waals surface area contributed by atoms with Crippen LogP contribution in [0.4, 0.5) is 10.1 Å². The number of anilines is 1. The molecule has 0 bridgehead atoms. The highest BCUT2D eigenvalue weighted by Crippen LogP contribution is 2.20. The van der Waals surface area contributed by atoms with E-state index in [-0.39, 0.29) is 16.1 Å². The van der Waals surface area contributed by atoms with E-state index in [1.165, 1.54) is 42.5 Å². The molecular weight excluding hydrogens is 431 g/mol. The normalized spacial score (nSPS) is 11.4. The molecule has 0 aliphatic heterocycles. The molecule has 1 heterocycles. The molecule has 1 amide bonds. The van der Waals surface area contributed by atoms with Gasteiger partial charge in [0.1, 0.15) is 11.6 Å². The molecule has 7 nitrogen and oxygen atoms in total. The van der Waals surface area contributed by atoms with E-state index < -0.39 is 21.7 Å². The number of halogens is 1. The van der Waals surface area contributed by atoms with Crippen LogP contribution in [0.1, 0.15) is 16.2 Å². The number of aryl methyl sites for hydroxylation is 1. The third-order valence-corrected chi connectivity index (χ3v) is 6.35. The van der Waals surface area contributed by atoms with Gasteiger partial charge in [-0.2, -0.15) is 0 Å². The third-order valence-electron chi connectivity index (χ3n) is 4.99. The molecule has 32 heavy (non-hydrogen) atoms. The lowest BCUT2D eigenvalue weighted by Gasteiger charge is -2.11. The van der Waals surface area contributed by atoms with Gasteiger partial charge >= 0.3 is 0 Å². The molecule has 2 N–H and O–H groups in total. The fourth-order valence-electron chi connectivity index (χ4n) is 3.41. The number of sulfonamides is 1. The Labute approximate surface area is 185 Å². The highest BCUT2D eigenvalue weighted by Gasteiger charge is 2.18. The molecule has 0 saturated heterocycles. The predicted octanol–water partition coefficient (Wildman–Crippen LogP) is 3.71. The van der Waals surface area contributed by atoms with E-state index in [0.717, 1.165) is 22.9 Å². The number of fused-ring (bicyclic) bond motifs is 1. The molecule has 0 radical (unpaired) electrons. The number of amides is 1. The second-order valence-electron chi connectivity index (χ2n) is 7.17. The summed E-state index contributed by atoms with van der Waals surface area (Å²) in [5.74, 6) is -0.255. The highest BCUT2D eigenvalue weighted by molar-refractivity contribution is 7.92. The maximum atomic E-state index is 13.8. The lowest BCUT2D eigenvalue weighted by Crippen LogP contribution is -2.27. The lowest BCUT2D eigenvalue weighted by molar-refractivity contribution is 0.0952. The Morgan fingerprint density at radius 1 is 1.03 bits per heavy atom. The summed E-state index contributed by atoms with van der Waals surface area (Å²) >= 11 is 0. The fourth-order valence-corrected chi connectivity index (χ4v) is 4.53. The first-order chi connectivity index (χ1) is 15.3. The predicted molar refractivity (Wildman–Crippen MR) is 120 cm³/mol. The van der Waals surface area contributed by atoms with Gasteiger partial charge in [0.05, 0.1) is 21.6 Å². The van der Waals surface area contributed by atoms with E-state index in [1.54, 1.807) is 0 Å². The van der Waals surface area contributed by atoms with Crippen molar-refractivity contribution in [2.45, 2.75) is 18.4 Å². The van der Waals surface area contributed by atoms with E-state index in [0.29, 0.717) is 13.1 Å². The standard InChI is InChI=1S/C23H21FN4O3S/c1-16-26-21-11-4-5-12-22(21)28(16)14-13-25-23(29)17-7-6-8-18(15-17)32(30,31)27-20-10-3-2-9-19(20)24/h2-12,15,27H,13-14H2,1H3,(H,25,29). The largest absolute Gasteiger partial charge is 0.350 e. The summed E-state index contributed by atoms with van der Waals surface area (Å²) in [6.45, 7) is 2.76. The van der Waals surface area contributed by atoms with E-state index in [9.17, 15) is 17.6 Å². The first-order valence-electron chi connectivity index (χ1n) is 9.92. The van der Waals surface area contributed by atoms with E-state index in [1.807, 2.05) is 35.8 Å². The van der Waals surface area contributed by atoms with Gasteiger partial charge in [0.15, 0.2) is 0 Å². The van der Waals surface area contributed by atoms with Crippen molar-refractivity contribution >= 4 is 32.7 Å². The summed E-state index contributed by atoms with van der Waals surface area (Å²) in [4.78, 5) is 17.0. The number of para-hydroxylation sites is 3. The van der Waals surface area contributed by atoms with Crippen molar-refractivity contribution in [3.63, 3.8) is 0 Å². The molecule has 0 atom stereocenters. The van der Waals surface area contributed by atoms with Crippen LogP contribution >= 0.6 is 0 Å². The van der Waals surface area contributed by atoms with Crippen LogP contribution in [0.2, 0.25) is 0 Å². The molecule has 164 valence electrons. The van der Waals surface area contributed by atoms with Crippen molar-refractivity contribution in [3.8, 4) is 0 Å². The fraction of sp³-hybridized carbons (Fsp3) is 0.130. The smallest absolute Gasteiger partial charge is 0.262 e. The first-order valence-corrected chi connectivity index (χ1v) is 11.4. The molecule has 4 aromatic rings. The van der Waals surface area contributed by atoms with Crippen LogP contribution in [0, 0.1) is 12.7 Å². The number of aromatic nitrogens is 2. The van der Waals surface area contributed by atoms with Crippen LogP contribution in [0.3, 0.4) is 0 Å². The Balaban J connectivity index is 1.45. The summed E-state index contributed by atoms with van der Waals surface area (Å²) < 4.78 is 43.3. The topological polar surface area (TPSA) is 93.1 Å². The van der Waals surface area contributed by atoms with Gasteiger partial charge < -0.3 is 9.88 Å². The Morgan fingerprint density at radius 2 is 1.78 bits per heavy atom. The molecular formula is C23H21FN4O3S. The first kappa shape index (κ1) is 21.5. The van der Waals surface area contributed by atoms with Gasteiger partial charge in [-0.3, -0.25) is 9.52 Å². The number of nitrogens with zero attached hydrogens (tertiary/aromatic N) is 2. The number of rotatable bonds is 7. The molecule has 9 heteroatoms. The number of imidazole rings is 1. The van der Waals surface area contributed by atoms with Crippen molar-refractivity contribution < 1.29 is 17.6 Å². The Kier molecular flexibility index (Phi) is 5.91. The lowest BCUT2D eigenvalue weighted by atomic mass is 10.2. The molecule has 0 saturated carbocycles. The molecule has 0 aliphatic rings. The van der Waals surface area contributed by atoms with Crippen molar-refractivity contribution in [2.75, 3.05) is 11.3 Å². The maximum absolute atomic E-state index is 13.8. The zero-order valence-electron chi connectivity index (χ0n) is 17.2. The van der Waals surface area contributed by atoms with Gasteiger partial charge in [-0.1, -0.05) is 30.3 Å². The quantitative estimate of drug-likeness (QED) is 0.447. The number of benzene rings is 3. The van der Waals surface area contributed by atoms with Gasteiger partial charge in [-0.05, 0) is 49.4 Å². The van der Waals surface area contributed by atoms with Crippen LogP contribution < -0.4 is 10.0 Å². The van der Waals surface area contributed by atoms with Crippen molar-refractivity contribution in [2.24, 2.45) is 0 Å². The molecule has 0 unspecified atom stereocenters. The van der Waals surface area contributed by atoms with E-state index in [2.05, 4.69) is 15.0 Å². The molecule has 4 rings (SSSR count). The SMILES string of the molecule is Cc1nc2ccccc2n1CCNC(=O)c1cccc(S(=O)(=O)Nc2ccccc2F)c1. The Morgan fingerprint density at radius 3 is 2.59 bits per heavy atom. The van der Waals surface area contributed by atoms with Gasteiger partial charge in [0.2, 0.25) is 0 Å². The average molecular weight is 453 g/mol.